The summed E-state index contributed by atoms with van der Waals surface area (Å²) in [6.07, 6.45) is 0. The lowest BCUT2D eigenvalue weighted by Crippen LogP contribution is -2.16. The van der Waals surface area contributed by atoms with E-state index < -0.39 is 0 Å². The van der Waals surface area contributed by atoms with Gasteiger partial charge in [-0.3, -0.25) is 0 Å². The van der Waals surface area contributed by atoms with Crippen molar-refractivity contribution < 1.29 is 0 Å². The first-order valence-electron chi connectivity index (χ1n) is 30.1. The van der Waals surface area contributed by atoms with E-state index in [0.29, 0.717) is 0 Å². The molecule has 0 aromatic heterocycles. The van der Waals surface area contributed by atoms with E-state index in [-0.39, 0.29) is 16.2 Å². The van der Waals surface area contributed by atoms with Crippen LogP contribution in [0.5, 0.6) is 0 Å². The summed E-state index contributed by atoms with van der Waals surface area (Å²) in [5.41, 5.74) is 29.3. The molecule has 3 aliphatic rings. The number of nitrogens with zero attached hydrogens (tertiary/aromatic N) is 2. The molecule has 0 amide bonds. The fraction of sp³-hybridized carbons (Fsp3) is 0.108. The third kappa shape index (κ3) is 7.78. The minimum Gasteiger partial charge on any atom is -0.310 e. The molecular weight excluding hydrogens is 1020 g/mol. The van der Waals surface area contributed by atoms with Gasteiger partial charge in [0, 0.05) is 50.4 Å². The van der Waals surface area contributed by atoms with Crippen LogP contribution in [0.2, 0.25) is 0 Å². The van der Waals surface area contributed by atoms with Gasteiger partial charge in [0.2, 0.25) is 0 Å². The SMILES string of the molecule is CC1(C)c2ccccc2-c2ccc(-c3c4ccc(N(c5ccc(-c6ccccc6)cc5)c5ccc6c(c5)C(C)(C)c5ccccc5-6)cc4c(-c4ccc5c(c4)C(C)(C)c4ccccc4-5)c4ccc(N(c5ccccc5)c5ccccc5)cc34)cc21. The summed E-state index contributed by atoms with van der Waals surface area (Å²) in [6.45, 7) is 14.4. The Morgan fingerprint density at radius 3 is 0.941 bits per heavy atom. The summed E-state index contributed by atoms with van der Waals surface area (Å²) >= 11 is 0. The topological polar surface area (TPSA) is 6.48 Å². The van der Waals surface area contributed by atoms with E-state index in [2.05, 4.69) is 330 Å². The van der Waals surface area contributed by atoms with Gasteiger partial charge in [-0.25, -0.2) is 0 Å². The second kappa shape index (κ2) is 19.0. The van der Waals surface area contributed by atoms with Crippen molar-refractivity contribution in [2.75, 3.05) is 9.80 Å². The molecular formula is C83H64N2. The van der Waals surface area contributed by atoms with Crippen molar-refractivity contribution in [3.05, 3.63) is 312 Å². The van der Waals surface area contributed by atoms with Gasteiger partial charge in [0.25, 0.3) is 0 Å². The maximum atomic E-state index is 2.53. The fourth-order valence-electron chi connectivity index (χ4n) is 15.1. The number of benzene rings is 13. The van der Waals surface area contributed by atoms with Crippen molar-refractivity contribution in [1.82, 2.24) is 0 Å². The van der Waals surface area contributed by atoms with Crippen molar-refractivity contribution in [3.63, 3.8) is 0 Å². The van der Waals surface area contributed by atoms with E-state index in [9.17, 15) is 0 Å². The number of anilines is 6. The second-order valence-corrected chi connectivity index (χ2v) is 25.2. The van der Waals surface area contributed by atoms with Crippen molar-refractivity contribution in [3.8, 4) is 66.8 Å². The molecule has 0 atom stereocenters. The van der Waals surface area contributed by atoms with Crippen LogP contribution >= 0.6 is 0 Å². The molecule has 2 nitrogen and oxygen atoms in total. The highest BCUT2D eigenvalue weighted by Gasteiger charge is 2.39. The van der Waals surface area contributed by atoms with Crippen LogP contribution in [0.4, 0.5) is 34.1 Å². The largest absolute Gasteiger partial charge is 0.310 e. The van der Waals surface area contributed by atoms with Crippen molar-refractivity contribution in [1.29, 1.82) is 0 Å². The third-order valence-electron chi connectivity index (χ3n) is 19.4. The lowest BCUT2D eigenvalue weighted by atomic mass is 9.79. The Hall–Kier alpha value is -10.0. The van der Waals surface area contributed by atoms with Gasteiger partial charge in [-0.15, -0.1) is 0 Å². The molecule has 0 saturated heterocycles. The van der Waals surface area contributed by atoms with Crippen molar-refractivity contribution in [2.24, 2.45) is 0 Å². The summed E-state index contributed by atoms with van der Waals surface area (Å²) in [6, 6.07) is 105. The molecule has 406 valence electrons. The Balaban J connectivity index is 0.999. The highest BCUT2D eigenvalue weighted by atomic mass is 15.1. The van der Waals surface area contributed by atoms with Gasteiger partial charge in [-0.05, 0) is 207 Å². The van der Waals surface area contributed by atoms with E-state index in [1.54, 1.807) is 0 Å². The minimum atomic E-state index is -0.198. The quantitative estimate of drug-likeness (QED) is 0.133. The number of para-hydroxylation sites is 2. The zero-order valence-corrected chi connectivity index (χ0v) is 49.0. The van der Waals surface area contributed by atoms with Gasteiger partial charge in [0.05, 0.1) is 0 Å². The first-order valence-corrected chi connectivity index (χ1v) is 30.1. The molecule has 16 rings (SSSR count). The number of rotatable bonds is 9. The average Bonchev–Trinajstić information content (AvgIpc) is 2.03. The highest BCUT2D eigenvalue weighted by Crippen LogP contribution is 2.56. The summed E-state index contributed by atoms with van der Waals surface area (Å²) in [7, 11) is 0. The Morgan fingerprint density at radius 2 is 0.494 bits per heavy atom. The molecule has 0 unspecified atom stereocenters. The number of fused-ring (bicyclic) bond motifs is 11. The van der Waals surface area contributed by atoms with Crippen LogP contribution in [0.3, 0.4) is 0 Å². The highest BCUT2D eigenvalue weighted by molar-refractivity contribution is 6.23. The van der Waals surface area contributed by atoms with Crippen LogP contribution < -0.4 is 9.80 Å². The Labute approximate surface area is 499 Å². The zero-order valence-electron chi connectivity index (χ0n) is 49.0. The van der Waals surface area contributed by atoms with E-state index in [0.717, 1.165) is 34.1 Å². The lowest BCUT2D eigenvalue weighted by molar-refractivity contribution is 0.660. The molecule has 0 aliphatic heterocycles. The number of hydrogen-bond acceptors (Lipinski definition) is 2. The molecule has 13 aromatic rings. The minimum absolute atomic E-state index is 0.183. The molecule has 2 heteroatoms. The average molecular weight is 1090 g/mol. The zero-order chi connectivity index (χ0) is 57.3. The van der Waals surface area contributed by atoms with Crippen LogP contribution in [0.15, 0.2) is 279 Å². The van der Waals surface area contributed by atoms with Gasteiger partial charge in [-0.1, -0.05) is 236 Å². The molecule has 0 heterocycles. The predicted molar refractivity (Wildman–Crippen MR) is 360 cm³/mol. The third-order valence-corrected chi connectivity index (χ3v) is 19.4. The number of hydrogen-bond donors (Lipinski definition) is 0. The van der Waals surface area contributed by atoms with Crippen LogP contribution in [-0.4, -0.2) is 0 Å². The maximum Gasteiger partial charge on any atom is 0.0468 e. The van der Waals surface area contributed by atoms with Crippen LogP contribution in [0, 0.1) is 0 Å². The van der Waals surface area contributed by atoms with E-state index in [1.165, 1.54) is 122 Å². The summed E-state index contributed by atoms with van der Waals surface area (Å²) in [4.78, 5) is 4.91. The van der Waals surface area contributed by atoms with Gasteiger partial charge in [0.1, 0.15) is 0 Å². The molecule has 3 aliphatic carbocycles. The van der Waals surface area contributed by atoms with E-state index in [4.69, 9.17) is 0 Å². The molecule has 0 spiro atoms. The van der Waals surface area contributed by atoms with E-state index in [1.807, 2.05) is 0 Å². The van der Waals surface area contributed by atoms with Gasteiger partial charge in [0.15, 0.2) is 0 Å². The fourth-order valence-corrected chi connectivity index (χ4v) is 15.1. The molecule has 0 saturated carbocycles. The molecule has 13 aromatic carbocycles. The summed E-state index contributed by atoms with van der Waals surface area (Å²) in [5, 5.41) is 4.81. The smallest absolute Gasteiger partial charge is 0.0468 e. The van der Waals surface area contributed by atoms with Crippen LogP contribution in [0.1, 0.15) is 74.9 Å². The normalized spacial score (nSPS) is 14.3. The van der Waals surface area contributed by atoms with Gasteiger partial charge >= 0.3 is 0 Å². The van der Waals surface area contributed by atoms with Crippen LogP contribution in [0.25, 0.3) is 88.3 Å². The summed E-state index contributed by atoms with van der Waals surface area (Å²) in [5.74, 6) is 0. The molecule has 0 radical (unpaired) electrons. The Bertz CT molecular complexity index is 4800. The van der Waals surface area contributed by atoms with Crippen LogP contribution in [-0.2, 0) is 16.2 Å². The van der Waals surface area contributed by atoms with Crippen molar-refractivity contribution in [2.45, 2.75) is 57.8 Å². The second-order valence-electron chi connectivity index (χ2n) is 25.2. The predicted octanol–water partition coefficient (Wildman–Crippen LogP) is 22.9. The monoisotopic (exact) mass is 1090 g/mol. The van der Waals surface area contributed by atoms with E-state index >= 15 is 0 Å². The maximum absolute atomic E-state index is 2.53. The van der Waals surface area contributed by atoms with Gasteiger partial charge in [-0.2, -0.15) is 0 Å². The summed E-state index contributed by atoms with van der Waals surface area (Å²) < 4.78 is 0. The molecule has 0 bridgehead atoms. The Morgan fingerprint density at radius 1 is 0.200 bits per heavy atom. The first-order chi connectivity index (χ1) is 41.4. The Kier molecular flexibility index (Phi) is 11.3. The molecule has 0 N–H and O–H groups in total. The first kappa shape index (κ1) is 50.7. The lowest BCUT2D eigenvalue weighted by Gasteiger charge is -2.29. The van der Waals surface area contributed by atoms with Gasteiger partial charge < -0.3 is 9.80 Å². The molecule has 0 fully saturated rings. The van der Waals surface area contributed by atoms with Crippen molar-refractivity contribution >= 4 is 55.7 Å². The standard InChI is InChI=1S/C83H64N2/c1-81(2)73-31-19-16-28-63(73)66-43-36-55(48-76(66)81)79-70-47-42-61(85(59-38-34-54(35-39-59)53-22-10-7-11-23-53)62-40-45-68-65-30-18-21-33-75(65)83(5,6)78(68)52-62)51-72(70)80(56-37-44-67-64-29-17-20-32-74(64)82(3,4)77(67)49-56)69-46-41-60(50-71(69)79)84(57-24-12-8-13-25-57)58-26-14-9-15-27-58/h7-52H,1-6H3. The molecule has 85 heavy (non-hydrogen) atoms.